The molecule has 0 unspecified atom stereocenters. The Morgan fingerprint density at radius 1 is 1.00 bits per heavy atom. The molecule has 8 nitrogen and oxygen atoms in total. The zero-order valence-electron chi connectivity index (χ0n) is 20.8. The summed E-state index contributed by atoms with van der Waals surface area (Å²) in [6.07, 6.45) is 7.30. The van der Waals surface area contributed by atoms with Crippen LogP contribution < -0.4 is 10.5 Å². The number of nitrogens with one attached hydrogen (secondary N) is 1. The van der Waals surface area contributed by atoms with Crippen LogP contribution in [-0.2, 0) is 22.3 Å². The average Bonchev–Trinajstić information content (AvgIpc) is 3.22. The lowest BCUT2D eigenvalue weighted by molar-refractivity contribution is 0.0921. The molecule has 2 fully saturated rings. The minimum Gasteiger partial charge on any atom is -0.383 e. The summed E-state index contributed by atoms with van der Waals surface area (Å²) in [5, 5.41) is 0.857. The number of nitrogens with zero attached hydrogens (tertiary/aromatic N) is 4. The SMILES string of the molecule is Nc1ncnc2c1c(-c1cccc(CNS(=O)(=O)Cc3ccccc3)c1)cn2C1CC(CN2CCC2)C1. The highest BCUT2D eigenvalue weighted by Gasteiger charge is 2.34. The summed E-state index contributed by atoms with van der Waals surface area (Å²) < 4.78 is 30.3. The lowest BCUT2D eigenvalue weighted by atomic mass is 9.79. The number of hydrogen-bond donors (Lipinski definition) is 2. The highest BCUT2D eigenvalue weighted by Crippen LogP contribution is 2.43. The molecule has 9 heteroatoms. The molecular weight excluding hydrogens is 484 g/mol. The van der Waals surface area contributed by atoms with Gasteiger partial charge >= 0.3 is 0 Å². The fourth-order valence-electron chi connectivity index (χ4n) is 5.50. The van der Waals surface area contributed by atoms with Crippen LogP contribution >= 0.6 is 0 Å². The van der Waals surface area contributed by atoms with E-state index in [9.17, 15) is 8.42 Å². The maximum absolute atomic E-state index is 12.6. The summed E-state index contributed by atoms with van der Waals surface area (Å²) in [6, 6.07) is 17.5. The van der Waals surface area contributed by atoms with Gasteiger partial charge in [0.15, 0.2) is 0 Å². The second-order valence-electron chi connectivity index (χ2n) is 10.3. The minimum absolute atomic E-state index is 0.0466. The summed E-state index contributed by atoms with van der Waals surface area (Å²) in [6.45, 7) is 3.89. The highest BCUT2D eigenvalue weighted by atomic mass is 32.2. The van der Waals surface area contributed by atoms with Crippen LogP contribution in [0.15, 0.2) is 67.1 Å². The Morgan fingerprint density at radius 2 is 1.78 bits per heavy atom. The molecule has 0 amide bonds. The number of likely N-dealkylation sites (tertiary alicyclic amines) is 1. The van der Waals surface area contributed by atoms with Crippen molar-refractivity contribution in [3.05, 3.63) is 78.2 Å². The fourth-order valence-corrected chi connectivity index (χ4v) is 6.62. The van der Waals surface area contributed by atoms with Crippen molar-refractivity contribution in [1.82, 2.24) is 24.2 Å². The van der Waals surface area contributed by atoms with Gasteiger partial charge < -0.3 is 15.2 Å². The Bertz CT molecular complexity index is 1510. The molecule has 1 aliphatic heterocycles. The van der Waals surface area contributed by atoms with Gasteiger partial charge in [-0.1, -0.05) is 48.5 Å². The maximum Gasteiger partial charge on any atom is 0.216 e. The summed E-state index contributed by atoms with van der Waals surface area (Å²) in [4.78, 5) is 11.4. The molecule has 0 atom stereocenters. The Morgan fingerprint density at radius 3 is 2.54 bits per heavy atom. The molecule has 3 N–H and O–H groups in total. The van der Waals surface area contributed by atoms with Gasteiger partial charge in [0.05, 0.1) is 11.1 Å². The van der Waals surface area contributed by atoms with Gasteiger partial charge in [-0.3, -0.25) is 0 Å². The number of hydrogen-bond acceptors (Lipinski definition) is 6. The molecule has 37 heavy (non-hydrogen) atoms. The van der Waals surface area contributed by atoms with Crippen molar-refractivity contribution in [2.75, 3.05) is 25.4 Å². The number of fused-ring (bicyclic) bond motifs is 1. The van der Waals surface area contributed by atoms with E-state index >= 15 is 0 Å². The van der Waals surface area contributed by atoms with Crippen LogP contribution in [0.25, 0.3) is 22.2 Å². The van der Waals surface area contributed by atoms with Gasteiger partial charge in [-0.05, 0) is 61.0 Å². The molecule has 1 aliphatic carbocycles. The van der Waals surface area contributed by atoms with E-state index in [1.54, 1.807) is 0 Å². The molecule has 2 aromatic carbocycles. The molecule has 192 valence electrons. The van der Waals surface area contributed by atoms with Crippen molar-refractivity contribution in [2.24, 2.45) is 5.92 Å². The first-order valence-electron chi connectivity index (χ1n) is 12.9. The number of benzene rings is 2. The first-order valence-corrected chi connectivity index (χ1v) is 14.5. The second kappa shape index (κ2) is 9.89. The van der Waals surface area contributed by atoms with Crippen molar-refractivity contribution in [1.29, 1.82) is 0 Å². The average molecular weight is 517 g/mol. The van der Waals surface area contributed by atoms with Gasteiger partial charge in [0, 0.05) is 30.9 Å². The molecule has 0 radical (unpaired) electrons. The van der Waals surface area contributed by atoms with Crippen LogP contribution in [-0.4, -0.2) is 47.5 Å². The van der Waals surface area contributed by atoms with Gasteiger partial charge in [0.1, 0.15) is 17.8 Å². The van der Waals surface area contributed by atoms with E-state index < -0.39 is 10.0 Å². The van der Waals surface area contributed by atoms with Crippen molar-refractivity contribution < 1.29 is 8.42 Å². The Balaban J connectivity index is 1.22. The van der Waals surface area contributed by atoms with Gasteiger partial charge in [-0.15, -0.1) is 0 Å². The Hall–Kier alpha value is -3.27. The summed E-state index contributed by atoms with van der Waals surface area (Å²) in [5.41, 5.74) is 10.8. The van der Waals surface area contributed by atoms with Crippen LogP contribution in [0.5, 0.6) is 0 Å². The minimum atomic E-state index is -3.46. The Kier molecular flexibility index (Phi) is 6.44. The third kappa shape index (κ3) is 5.12. The lowest BCUT2D eigenvalue weighted by Crippen LogP contribution is -2.43. The van der Waals surface area contributed by atoms with Crippen LogP contribution in [0.3, 0.4) is 0 Å². The maximum atomic E-state index is 12.6. The van der Waals surface area contributed by atoms with Crippen molar-refractivity contribution >= 4 is 26.9 Å². The van der Waals surface area contributed by atoms with Crippen LogP contribution in [0, 0.1) is 5.92 Å². The van der Waals surface area contributed by atoms with E-state index in [4.69, 9.17) is 5.73 Å². The van der Waals surface area contributed by atoms with Crippen LogP contribution in [0.1, 0.15) is 36.4 Å². The third-order valence-corrected chi connectivity index (χ3v) is 8.94. The van der Waals surface area contributed by atoms with E-state index in [0.29, 0.717) is 11.9 Å². The largest absolute Gasteiger partial charge is 0.383 e. The standard InChI is InChI=1S/C28H32N6O2S/c29-27-26-25(17-34(28(26)31-19-30-27)24-13-22(14-24)16-33-10-5-11-33)23-9-4-8-21(12-23)15-32-37(35,36)18-20-6-2-1-3-7-20/h1-4,6-9,12,17,19,22,24,32H,5,10-11,13-16,18H2,(H2,29,30,31). The fraction of sp³-hybridized carbons (Fsp3) is 0.357. The quantitative estimate of drug-likeness (QED) is 0.349. The van der Waals surface area contributed by atoms with Crippen LogP contribution in [0.2, 0.25) is 0 Å². The van der Waals surface area contributed by atoms with Crippen LogP contribution in [0.4, 0.5) is 5.82 Å². The van der Waals surface area contributed by atoms with E-state index in [2.05, 4.69) is 30.4 Å². The van der Waals surface area contributed by atoms with Gasteiger partial charge in [-0.25, -0.2) is 23.1 Å². The number of sulfonamides is 1. The molecule has 4 aromatic rings. The van der Waals surface area contributed by atoms with Gasteiger partial charge in [0.2, 0.25) is 10.0 Å². The number of nitrogen functional groups attached to an aromatic ring is 1. The van der Waals surface area contributed by atoms with E-state index in [-0.39, 0.29) is 12.3 Å². The van der Waals surface area contributed by atoms with Crippen molar-refractivity contribution in [3.8, 4) is 11.1 Å². The van der Waals surface area contributed by atoms with E-state index in [0.717, 1.165) is 52.0 Å². The summed E-state index contributed by atoms with van der Waals surface area (Å²) in [5.74, 6) is 1.15. The van der Waals surface area contributed by atoms with Crippen molar-refractivity contribution in [3.63, 3.8) is 0 Å². The van der Waals surface area contributed by atoms with E-state index in [1.165, 1.54) is 32.4 Å². The number of rotatable bonds is 9. The monoisotopic (exact) mass is 516 g/mol. The third-order valence-electron chi connectivity index (χ3n) is 7.64. The molecule has 6 rings (SSSR count). The number of anilines is 1. The predicted octanol–water partition coefficient (Wildman–Crippen LogP) is 3.96. The molecule has 2 aliphatic rings. The molecule has 1 saturated carbocycles. The topological polar surface area (TPSA) is 106 Å². The second-order valence-corrected chi connectivity index (χ2v) is 12.1. The molecular formula is C28H32N6O2S. The van der Waals surface area contributed by atoms with Gasteiger partial charge in [-0.2, -0.15) is 0 Å². The first-order chi connectivity index (χ1) is 17.9. The summed E-state index contributed by atoms with van der Waals surface area (Å²) in [7, 11) is -3.46. The molecule has 0 spiro atoms. The number of aromatic nitrogens is 3. The molecule has 2 aromatic heterocycles. The lowest BCUT2D eigenvalue weighted by Gasteiger charge is -2.42. The number of nitrogens with two attached hydrogens (primary N) is 1. The van der Waals surface area contributed by atoms with Crippen molar-refractivity contribution in [2.45, 2.75) is 37.6 Å². The predicted molar refractivity (Wildman–Crippen MR) is 146 cm³/mol. The highest BCUT2D eigenvalue weighted by molar-refractivity contribution is 7.88. The first kappa shape index (κ1) is 24.1. The normalized spacial score (nSPS) is 20.0. The van der Waals surface area contributed by atoms with Gasteiger partial charge in [0.25, 0.3) is 0 Å². The summed E-state index contributed by atoms with van der Waals surface area (Å²) >= 11 is 0. The molecule has 1 saturated heterocycles. The molecule has 3 heterocycles. The van der Waals surface area contributed by atoms with E-state index in [1.807, 2.05) is 54.6 Å². The smallest absolute Gasteiger partial charge is 0.216 e. The zero-order chi connectivity index (χ0) is 25.4. The zero-order valence-corrected chi connectivity index (χ0v) is 21.6. The Labute approximate surface area is 217 Å². The molecule has 0 bridgehead atoms.